The summed E-state index contributed by atoms with van der Waals surface area (Å²) >= 11 is 0. The van der Waals surface area contributed by atoms with E-state index in [2.05, 4.69) is 5.92 Å². The van der Waals surface area contributed by atoms with Gasteiger partial charge in [-0.3, -0.25) is 4.79 Å². The lowest BCUT2D eigenvalue weighted by Gasteiger charge is -2.29. The number of ether oxygens (including phenoxy) is 2. The summed E-state index contributed by atoms with van der Waals surface area (Å²) in [6.07, 6.45) is 4.69. The molecule has 0 rings (SSSR count). The Morgan fingerprint density at radius 1 is 1.44 bits per heavy atom. The van der Waals surface area contributed by atoms with Crippen LogP contribution in [0.4, 0.5) is 0 Å². The Morgan fingerprint density at radius 2 is 2.06 bits per heavy atom. The molecule has 16 heavy (non-hydrogen) atoms. The van der Waals surface area contributed by atoms with Crippen LogP contribution in [-0.4, -0.2) is 37.0 Å². The van der Waals surface area contributed by atoms with Gasteiger partial charge in [0.2, 0.25) is 0 Å². The molecule has 92 valence electrons. The van der Waals surface area contributed by atoms with Crippen LogP contribution in [0, 0.1) is 17.8 Å². The number of terminal acetylenes is 1. The second-order valence-electron chi connectivity index (χ2n) is 4.58. The van der Waals surface area contributed by atoms with Gasteiger partial charge in [0.1, 0.15) is 6.61 Å². The van der Waals surface area contributed by atoms with Gasteiger partial charge in [-0.15, -0.1) is 6.42 Å². The number of hydrogen-bond acceptors (Lipinski definition) is 3. The van der Waals surface area contributed by atoms with Gasteiger partial charge in [0.05, 0.1) is 25.7 Å². The monoisotopic (exact) mass is 228 g/mol. The Balaban J connectivity index is 3.95. The number of aliphatic carboxylic acids is 1. The van der Waals surface area contributed by atoms with Crippen LogP contribution < -0.4 is 0 Å². The van der Waals surface area contributed by atoms with Crippen LogP contribution >= 0.6 is 0 Å². The van der Waals surface area contributed by atoms with Crippen LogP contribution in [0.1, 0.15) is 27.2 Å². The first kappa shape index (κ1) is 14.9. The topological polar surface area (TPSA) is 55.8 Å². The molecule has 4 nitrogen and oxygen atoms in total. The fourth-order valence-electron chi connectivity index (χ4n) is 1.15. The van der Waals surface area contributed by atoms with Crippen molar-refractivity contribution in [2.45, 2.75) is 33.3 Å². The molecule has 0 amide bonds. The largest absolute Gasteiger partial charge is 0.481 e. The van der Waals surface area contributed by atoms with Crippen molar-refractivity contribution < 1.29 is 19.4 Å². The summed E-state index contributed by atoms with van der Waals surface area (Å²) in [6, 6.07) is 0. The summed E-state index contributed by atoms with van der Waals surface area (Å²) in [5, 5.41) is 8.75. The van der Waals surface area contributed by atoms with Gasteiger partial charge < -0.3 is 14.6 Å². The fourth-order valence-corrected chi connectivity index (χ4v) is 1.15. The van der Waals surface area contributed by atoms with Crippen molar-refractivity contribution in [1.29, 1.82) is 0 Å². The summed E-state index contributed by atoms with van der Waals surface area (Å²) in [7, 11) is 0. The molecule has 0 saturated heterocycles. The first-order valence-electron chi connectivity index (χ1n) is 5.22. The molecule has 0 radical (unpaired) electrons. The molecule has 0 aromatic heterocycles. The molecule has 1 unspecified atom stereocenters. The summed E-state index contributed by atoms with van der Waals surface area (Å²) in [5.74, 6) is 1.49. The van der Waals surface area contributed by atoms with Gasteiger partial charge in [0.25, 0.3) is 0 Å². The zero-order chi connectivity index (χ0) is 12.6. The van der Waals surface area contributed by atoms with Gasteiger partial charge in [0, 0.05) is 0 Å². The molecular weight excluding hydrogens is 208 g/mol. The molecule has 4 heteroatoms. The minimum Gasteiger partial charge on any atom is -0.481 e. The highest BCUT2D eigenvalue weighted by Gasteiger charge is 2.27. The molecule has 0 aromatic rings. The zero-order valence-electron chi connectivity index (χ0n) is 10.2. The molecule has 0 spiro atoms. The van der Waals surface area contributed by atoms with Crippen LogP contribution in [0.3, 0.4) is 0 Å². The van der Waals surface area contributed by atoms with Gasteiger partial charge in [-0.2, -0.15) is 0 Å². The van der Waals surface area contributed by atoms with E-state index in [-0.39, 0.29) is 24.5 Å². The van der Waals surface area contributed by atoms with E-state index in [4.69, 9.17) is 21.0 Å². The summed E-state index contributed by atoms with van der Waals surface area (Å²) in [6.45, 7) is 6.84. The fraction of sp³-hybridized carbons (Fsp3) is 0.750. The molecule has 0 aliphatic heterocycles. The first-order valence-corrected chi connectivity index (χ1v) is 5.22. The van der Waals surface area contributed by atoms with E-state index in [1.807, 2.05) is 20.8 Å². The lowest BCUT2D eigenvalue weighted by Crippen LogP contribution is -2.32. The van der Waals surface area contributed by atoms with E-state index in [1.54, 1.807) is 0 Å². The SMILES string of the molecule is C#CCOCCOC(CC(=O)O)C(C)(C)C. The van der Waals surface area contributed by atoms with E-state index < -0.39 is 5.97 Å². The molecule has 0 aromatic carbocycles. The van der Waals surface area contributed by atoms with Crippen LogP contribution in [-0.2, 0) is 14.3 Å². The zero-order valence-corrected chi connectivity index (χ0v) is 10.2. The number of hydrogen-bond donors (Lipinski definition) is 1. The van der Waals surface area contributed by atoms with Crippen molar-refractivity contribution in [3.05, 3.63) is 0 Å². The molecule has 0 bridgehead atoms. The Labute approximate surface area is 96.9 Å². The average Bonchev–Trinajstić information content (AvgIpc) is 2.13. The van der Waals surface area contributed by atoms with Crippen LogP contribution in [0.15, 0.2) is 0 Å². The summed E-state index contributed by atoms with van der Waals surface area (Å²) < 4.78 is 10.5. The maximum atomic E-state index is 10.7. The van der Waals surface area contributed by atoms with E-state index >= 15 is 0 Å². The van der Waals surface area contributed by atoms with Crippen LogP contribution in [0.5, 0.6) is 0 Å². The third-order valence-corrected chi connectivity index (χ3v) is 2.06. The number of rotatable bonds is 7. The third kappa shape index (κ3) is 7.27. The quantitative estimate of drug-likeness (QED) is 0.530. The van der Waals surface area contributed by atoms with Crippen molar-refractivity contribution in [3.63, 3.8) is 0 Å². The van der Waals surface area contributed by atoms with Gasteiger partial charge >= 0.3 is 5.97 Å². The van der Waals surface area contributed by atoms with Gasteiger partial charge in [-0.25, -0.2) is 0 Å². The molecule has 0 aliphatic carbocycles. The van der Waals surface area contributed by atoms with Crippen molar-refractivity contribution in [3.8, 4) is 12.3 Å². The minimum atomic E-state index is -0.857. The molecular formula is C12H20O4. The smallest absolute Gasteiger partial charge is 0.306 e. The molecule has 0 fully saturated rings. The van der Waals surface area contributed by atoms with E-state index in [1.165, 1.54) is 0 Å². The Morgan fingerprint density at radius 3 is 2.50 bits per heavy atom. The number of carbonyl (C=O) groups is 1. The third-order valence-electron chi connectivity index (χ3n) is 2.06. The highest BCUT2D eigenvalue weighted by Crippen LogP contribution is 2.24. The normalized spacial score (nSPS) is 13.1. The molecule has 1 atom stereocenters. The minimum absolute atomic E-state index is 0.00135. The average molecular weight is 228 g/mol. The van der Waals surface area contributed by atoms with Crippen LogP contribution in [0.2, 0.25) is 0 Å². The summed E-state index contributed by atoms with van der Waals surface area (Å²) in [5.41, 5.74) is -0.204. The second-order valence-corrected chi connectivity index (χ2v) is 4.58. The maximum absolute atomic E-state index is 10.7. The predicted octanol–water partition coefficient (Wildman–Crippen LogP) is 1.54. The van der Waals surface area contributed by atoms with E-state index in [9.17, 15) is 4.79 Å². The van der Waals surface area contributed by atoms with Crippen molar-refractivity contribution >= 4 is 5.97 Å². The van der Waals surface area contributed by atoms with Crippen molar-refractivity contribution in [2.24, 2.45) is 5.41 Å². The van der Waals surface area contributed by atoms with Gasteiger partial charge in [-0.1, -0.05) is 26.7 Å². The lowest BCUT2D eigenvalue weighted by atomic mass is 9.87. The van der Waals surface area contributed by atoms with E-state index in [0.717, 1.165) is 0 Å². The predicted molar refractivity (Wildman–Crippen MR) is 61.1 cm³/mol. The molecule has 1 N–H and O–H groups in total. The Kier molecular flexibility index (Phi) is 6.78. The van der Waals surface area contributed by atoms with Crippen molar-refractivity contribution in [1.82, 2.24) is 0 Å². The molecule has 0 saturated carbocycles. The Hall–Kier alpha value is -1.05. The van der Waals surface area contributed by atoms with Crippen LogP contribution in [0.25, 0.3) is 0 Å². The highest BCUT2D eigenvalue weighted by molar-refractivity contribution is 5.67. The first-order chi connectivity index (χ1) is 7.38. The molecule has 0 heterocycles. The standard InChI is InChI=1S/C12H20O4/c1-5-6-15-7-8-16-10(9-11(13)14)12(2,3)4/h1,10H,6-9H2,2-4H3,(H,13,14). The van der Waals surface area contributed by atoms with Gasteiger partial charge in [-0.05, 0) is 5.41 Å². The number of carboxylic acids is 1. The maximum Gasteiger partial charge on any atom is 0.306 e. The van der Waals surface area contributed by atoms with Crippen molar-refractivity contribution in [2.75, 3.05) is 19.8 Å². The lowest BCUT2D eigenvalue weighted by molar-refractivity contribution is -0.143. The highest BCUT2D eigenvalue weighted by atomic mass is 16.5. The van der Waals surface area contributed by atoms with E-state index in [0.29, 0.717) is 13.2 Å². The Bertz CT molecular complexity index is 247. The molecule has 0 aliphatic rings. The second kappa shape index (κ2) is 7.26. The van der Waals surface area contributed by atoms with Gasteiger partial charge in [0.15, 0.2) is 0 Å². The summed E-state index contributed by atoms with van der Waals surface area (Å²) in [4.78, 5) is 10.7. The number of carboxylic acid groups (broad SMARTS) is 1.